The maximum atomic E-state index is 12.8. The van der Waals surface area contributed by atoms with Crippen molar-refractivity contribution in [3.05, 3.63) is 51.6 Å². The number of hydrogen-bond acceptors (Lipinski definition) is 5. The predicted octanol–water partition coefficient (Wildman–Crippen LogP) is 4.15. The van der Waals surface area contributed by atoms with Gasteiger partial charge < -0.3 is 10.2 Å². The molecule has 0 unspecified atom stereocenters. The number of nitrogens with one attached hydrogen (secondary N) is 1. The molecule has 0 saturated carbocycles. The fourth-order valence-electron chi connectivity index (χ4n) is 4.11. The minimum absolute atomic E-state index is 0.0715. The molecule has 2 aromatic rings. The maximum Gasteiger partial charge on any atom is 0.348 e. The highest BCUT2D eigenvalue weighted by molar-refractivity contribution is 8.00. The van der Waals surface area contributed by atoms with E-state index in [0.717, 1.165) is 61.5 Å². The molecular formula is C25H36N4O2S. The van der Waals surface area contributed by atoms with Crippen molar-refractivity contribution in [2.45, 2.75) is 69.9 Å². The molecule has 0 radical (unpaired) electrons. The average Bonchev–Trinajstić information content (AvgIpc) is 2.78. The molecule has 0 bridgehead atoms. The number of benzene rings is 1. The monoisotopic (exact) mass is 456 g/mol. The zero-order valence-electron chi connectivity index (χ0n) is 19.7. The summed E-state index contributed by atoms with van der Waals surface area (Å²) in [7, 11) is 4.09. The van der Waals surface area contributed by atoms with E-state index in [9.17, 15) is 9.59 Å². The van der Waals surface area contributed by atoms with Gasteiger partial charge in [0.05, 0.1) is 5.75 Å². The van der Waals surface area contributed by atoms with Gasteiger partial charge in [-0.3, -0.25) is 9.36 Å². The number of aryl methyl sites for hydroxylation is 1. The number of carbonyl (C=O) groups excluding carboxylic acids is 1. The molecule has 1 aliphatic carbocycles. The first-order chi connectivity index (χ1) is 15.5. The van der Waals surface area contributed by atoms with Crippen LogP contribution in [0.1, 0.15) is 55.8 Å². The number of hydrogen-bond donors (Lipinski definition) is 1. The standard InChI is InChI=1S/C25H36N4O2S/c1-4-5-9-19-12-14-20(15-13-19)26-23(30)18-32-24-21-10-6-7-11-22(21)29(25(31)27-24)17-8-16-28(2)3/h12-15H,4-11,16-18H2,1-3H3,(H,26,30). The number of thioether (sulfide) groups is 1. The van der Waals surface area contributed by atoms with Gasteiger partial charge in [-0.25, -0.2) is 4.79 Å². The molecule has 0 atom stereocenters. The van der Waals surface area contributed by atoms with Crippen LogP contribution in [-0.4, -0.2) is 46.8 Å². The summed E-state index contributed by atoms with van der Waals surface area (Å²) in [5, 5.41) is 3.70. The Kier molecular flexibility index (Phi) is 9.36. The Morgan fingerprint density at radius 1 is 1.16 bits per heavy atom. The molecule has 174 valence electrons. The number of carbonyl (C=O) groups is 1. The molecule has 0 spiro atoms. The lowest BCUT2D eigenvalue weighted by molar-refractivity contribution is -0.113. The van der Waals surface area contributed by atoms with Crippen LogP contribution in [0.5, 0.6) is 0 Å². The van der Waals surface area contributed by atoms with Gasteiger partial charge in [-0.2, -0.15) is 4.98 Å². The lowest BCUT2D eigenvalue weighted by Gasteiger charge is -2.23. The Balaban J connectivity index is 1.63. The number of aromatic nitrogens is 2. The average molecular weight is 457 g/mol. The Bertz CT molecular complexity index is 954. The smallest absolute Gasteiger partial charge is 0.325 e. The second-order valence-corrected chi connectivity index (χ2v) is 9.74. The van der Waals surface area contributed by atoms with Crippen molar-refractivity contribution < 1.29 is 4.79 Å². The summed E-state index contributed by atoms with van der Waals surface area (Å²) in [5.41, 5.74) is 4.21. The van der Waals surface area contributed by atoms with Crippen molar-refractivity contribution in [2.75, 3.05) is 31.7 Å². The number of amides is 1. The van der Waals surface area contributed by atoms with E-state index in [-0.39, 0.29) is 17.3 Å². The van der Waals surface area contributed by atoms with Gasteiger partial charge in [0.2, 0.25) is 5.91 Å². The lowest BCUT2D eigenvalue weighted by atomic mass is 9.97. The van der Waals surface area contributed by atoms with E-state index in [0.29, 0.717) is 6.54 Å². The van der Waals surface area contributed by atoms with Gasteiger partial charge in [-0.05, 0) is 83.3 Å². The lowest BCUT2D eigenvalue weighted by Crippen LogP contribution is -2.31. The van der Waals surface area contributed by atoms with Gasteiger partial charge >= 0.3 is 5.69 Å². The summed E-state index contributed by atoms with van der Waals surface area (Å²) in [4.78, 5) is 31.8. The molecule has 3 rings (SSSR count). The van der Waals surface area contributed by atoms with E-state index in [1.54, 1.807) is 0 Å². The van der Waals surface area contributed by atoms with Gasteiger partial charge in [0.15, 0.2) is 0 Å². The largest absolute Gasteiger partial charge is 0.348 e. The number of unbranched alkanes of at least 4 members (excludes halogenated alkanes) is 1. The highest BCUT2D eigenvalue weighted by Crippen LogP contribution is 2.28. The predicted molar refractivity (Wildman–Crippen MR) is 133 cm³/mol. The molecule has 1 aromatic heterocycles. The molecule has 1 aromatic carbocycles. The SMILES string of the molecule is CCCCc1ccc(NC(=O)CSc2nc(=O)n(CCCN(C)C)c3c2CCCC3)cc1. The van der Waals surface area contributed by atoms with Crippen LogP contribution >= 0.6 is 11.8 Å². The van der Waals surface area contributed by atoms with E-state index in [2.05, 4.69) is 34.3 Å². The molecule has 6 nitrogen and oxygen atoms in total. The van der Waals surface area contributed by atoms with Crippen LogP contribution in [-0.2, 0) is 30.6 Å². The summed E-state index contributed by atoms with van der Waals surface area (Å²) in [5.74, 6) is 0.180. The van der Waals surface area contributed by atoms with Crippen LogP contribution in [0.25, 0.3) is 0 Å². The molecule has 1 amide bonds. The fourth-order valence-corrected chi connectivity index (χ4v) is 4.99. The highest BCUT2D eigenvalue weighted by Gasteiger charge is 2.21. The zero-order valence-corrected chi connectivity index (χ0v) is 20.5. The van der Waals surface area contributed by atoms with Gasteiger partial charge in [0, 0.05) is 23.5 Å². The molecule has 1 N–H and O–H groups in total. The molecule has 0 saturated heterocycles. The van der Waals surface area contributed by atoms with Crippen LogP contribution in [0.15, 0.2) is 34.1 Å². The highest BCUT2D eigenvalue weighted by atomic mass is 32.2. The van der Waals surface area contributed by atoms with Crippen molar-refractivity contribution in [3.63, 3.8) is 0 Å². The van der Waals surface area contributed by atoms with Crippen molar-refractivity contribution in [3.8, 4) is 0 Å². The van der Waals surface area contributed by atoms with Crippen LogP contribution in [0.2, 0.25) is 0 Å². The number of anilines is 1. The summed E-state index contributed by atoms with van der Waals surface area (Å²) in [6.07, 6.45) is 8.39. The second kappa shape index (κ2) is 12.2. The van der Waals surface area contributed by atoms with E-state index in [1.165, 1.54) is 35.7 Å². The normalized spacial score (nSPS) is 13.2. The molecule has 1 aliphatic rings. The van der Waals surface area contributed by atoms with E-state index in [4.69, 9.17) is 0 Å². The Labute approximate surface area is 195 Å². The van der Waals surface area contributed by atoms with Gasteiger partial charge in [0.1, 0.15) is 5.03 Å². The Morgan fingerprint density at radius 3 is 2.62 bits per heavy atom. The van der Waals surface area contributed by atoms with Crippen LogP contribution < -0.4 is 11.0 Å². The zero-order chi connectivity index (χ0) is 22.9. The van der Waals surface area contributed by atoms with Gasteiger partial charge in [-0.1, -0.05) is 37.2 Å². The maximum absolute atomic E-state index is 12.8. The third-order valence-corrected chi connectivity index (χ3v) is 6.85. The number of nitrogens with zero attached hydrogens (tertiary/aromatic N) is 3. The molecule has 7 heteroatoms. The van der Waals surface area contributed by atoms with Crippen LogP contribution in [0.3, 0.4) is 0 Å². The third-order valence-electron chi connectivity index (χ3n) is 5.83. The fraction of sp³-hybridized carbons (Fsp3) is 0.560. The van der Waals surface area contributed by atoms with Crippen LogP contribution in [0.4, 0.5) is 5.69 Å². The molecule has 32 heavy (non-hydrogen) atoms. The van der Waals surface area contributed by atoms with Crippen molar-refractivity contribution in [1.82, 2.24) is 14.5 Å². The molecule has 0 aliphatic heterocycles. The molecule has 1 heterocycles. The minimum atomic E-state index is -0.185. The van der Waals surface area contributed by atoms with E-state index >= 15 is 0 Å². The summed E-state index contributed by atoms with van der Waals surface area (Å²) in [6, 6.07) is 8.07. The quantitative estimate of drug-likeness (QED) is 0.406. The summed E-state index contributed by atoms with van der Waals surface area (Å²) >= 11 is 1.38. The Hall–Kier alpha value is -2.12. The van der Waals surface area contributed by atoms with Crippen molar-refractivity contribution >= 4 is 23.4 Å². The van der Waals surface area contributed by atoms with E-state index in [1.807, 2.05) is 30.8 Å². The summed E-state index contributed by atoms with van der Waals surface area (Å²) in [6.45, 7) is 3.83. The topological polar surface area (TPSA) is 67.2 Å². The van der Waals surface area contributed by atoms with Gasteiger partial charge in [-0.15, -0.1) is 0 Å². The first kappa shape index (κ1) is 24.5. The van der Waals surface area contributed by atoms with Crippen molar-refractivity contribution in [2.24, 2.45) is 0 Å². The van der Waals surface area contributed by atoms with Gasteiger partial charge in [0.25, 0.3) is 0 Å². The summed E-state index contributed by atoms with van der Waals surface area (Å²) < 4.78 is 1.86. The second-order valence-electron chi connectivity index (χ2n) is 8.78. The molecular weight excluding hydrogens is 420 g/mol. The number of fused-ring (bicyclic) bond motifs is 1. The Morgan fingerprint density at radius 2 is 1.91 bits per heavy atom. The van der Waals surface area contributed by atoms with E-state index < -0.39 is 0 Å². The third kappa shape index (κ3) is 6.94. The first-order valence-electron chi connectivity index (χ1n) is 11.8. The van der Waals surface area contributed by atoms with Crippen LogP contribution in [0, 0.1) is 0 Å². The first-order valence-corrected chi connectivity index (χ1v) is 12.8. The van der Waals surface area contributed by atoms with Crippen molar-refractivity contribution in [1.29, 1.82) is 0 Å². The minimum Gasteiger partial charge on any atom is -0.325 e. The number of rotatable bonds is 11. The molecule has 0 fully saturated rings.